The summed E-state index contributed by atoms with van der Waals surface area (Å²) in [6.07, 6.45) is 4.66. The lowest BCUT2D eigenvalue weighted by molar-refractivity contribution is -0.133. The maximum Gasteiger partial charge on any atom is 0.312 e. The Balaban J connectivity index is 1.69. The highest BCUT2D eigenvalue weighted by molar-refractivity contribution is 5.79. The Kier molecular flexibility index (Phi) is 5.27. The van der Waals surface area contributed by atoms with Crippen LogP contribution in [0.3, 0.4) is 0 Å². The molecule has 2 fully saturated rings. The van der Waals surface area contributed by atoms with Crippen molar-refractivity contribution in [2.75, 3.05) is 7.05 Å². The van der Waals surface area contributed by atoms with Gasteiger partial charge in [-0.3, -0.25) is 4.79 Å². The number of nitrogens with zero attached hydrogens (tertiary/aromatic N) is 1. The van der Waals surface area contributed by atoms with E-state index in [1.54, 1.807) is 0 Å². The van der Waals surface area contributed by atoms with Gasteiger partial charge in [-0.25, -0.2) is 4.79 Å². The fourth-order valence-corrected chi connectivity index (χ4v) is 4.25. The number of urea groups is 1. The molecule has 4 N–H and O–H groups in total. The quantitative estimate of drug-likeness (QED) is 0.761. The normalized spacial score (nSPS) is 26.1. The first-order valence-electron chi connectivity index (χ1n) is 9.07. The molecule has 0 saturated carbocycles. The Morgan fingerprint density at radius 3 is 2.52 bits per heavy atom. The highest BCUT2D eigenvalue weighted by Gasteiger charge is 2.36. The van der Waals surface area contributed by atoms with E-state index in [4.69, 9.17) is 5.73 Å². The Morgan fingerprint density at radius 2 is 1.92 bits per heavy atom. The van der Waals surface area contributed by atoms with Crippen LogP contribution in [-0.2, 0) is 4.79 Å². The smallest absolute Gasteiger partial charge is 0.312 e. The van der Waals surface area contributed by atoms with Crippen LogP contribution in [0.2, 0.25) is 0 Å². The van der Waals surface area contributed by atoms with Crippen LogP contribution in [0, 0.1) is 6.92 Å². The van der Waals surface area contributed by atoms with E-state index in [0.717, 1.165) is 24.0 Å². The molecular weight excluding hydrogens is 316 g/mol. The molecule has 3 atom stereocenters. The second kappa shape index (κ2) is 7.44. The zero-order valence-corrected chi connectivity index (χ0v) is 15.0. The fraction of sp³-hybridized carbons (Fsp3) is 0.579. The monoisotopic (exact) mass is 344 g/mol. The van der Waals surface area contributed by atoms with E-state index in [0.29, 0.717) is 12.1 Å². The number of fused-ring (bicyclic) bond motifs is 2. The zero-order valence-electron chi connectivity index (χ0n) is 15.0. The summed E-state index contributed by atoms with van der Waals surface area (Å²) < 4.78 is 0. The molecule has 2 saturated heterocycles. The number of nitrogens with two attached hydrogens (primary N) is 1. The van der Waals surface area contributed by atoms with Crippen LogP contribution in [0.15, 0.2) is 24.3 Å². The third-order valence-electron chi connectivity index (χ3n) is 5.65. The Bertz CT molecular complexity index is 636. The largest absolute Gasteiger partial charge is 0.352 e. The highest BCUT2D eigenvalue weighted by atomic mass is 16.2. The van der Waals surface area contributed by atoms with Gasteiger partial charge in [-0.2, -0.15) is 0 Å². The van der Waals surface area contributed by atoms with Crippen molar-refractivity contribution in [3.05, 3.63) is 35.4 Å². The summed E-state index contributed by atoms with van der Waals surface area (Å²) in [7, 11) is 1.89. The van der Waals surface area contributed by atoms with E-state index in [9.17, 15) is 9.59 Å². The number of aryl methyl sites for hydroxylation is 1. The van der Waals surface area contributed by atoms with Crippen molar-refractivity contribution in [1.29, 1.82) is 0 Å². The summed E-state index contributed by atoms with van der Waals surface area (Å²) in [4.78, 5) is 26.2. The maximum atomic E-state index is 12.9. The molecule has 3 amide bonds. The first kappa shape index (κ1) is 17.7. The lowest BCUT2D eigenvalue weighted by Crippen LogP contribution is -2.49. The van der Waals surface area contributed by atoms with Gasteiger partial charge in [0.1, 0.15) is 0 Å². The topological polar surface area (TPSA) is 87.5 Å². The number of nitrogens with one attached hydrogen (secondary N) is 2. The molecule has 25 heavy (non-hydrogen) atoms. The SMILES string of the molecule is Cc1ccccc1C(CC(=O)N(C)C1CC2CCC(C1)N2)NC(N)=O. The Morgan fingerprint density at radius 1 is 1.28 bits per heavy atom. The molecule has 2 aliphatic heterocycles. The van der Waals surface area contributed by atoms with Gasteiger partial charge in [-0.1, -0.05) is 24.3 Å². The van der Waals surface area contributed by atoms with Gasteiger partial charge in [0.05, 0.1) is 12.5 Å². The van der Waals surface area contributed by atoms with Crippen molar-refractivity contribution in [1.82, 2.24) is 15.5 Å². The lowest BCUT2D eigenvalue weighted by Gasteiger charge is -2.36. The molecular formula is C19H28N4O2. The first-order valence-corrected chi connectivity index (χ1v) is 9.07. The van der Waals surface area contributed by atoms with Crippen LogP contribution >= 0.6 is 0 Å². The standard InChI is InChI=1S/C19H28N4O2/c1-12-5-3-4-6-16(12)17(22-19(20)25)11-18(24)23(2)15-9-13-7-8-14(10-15)21-13/h3-6,13-15,17,21H,7-11H2,1-2H3,(H3,20,22,25). The summed E-state index contributed by atoms with van der Waals surface area (Å²) in [5.74, 6) is 0.0494. The molecule has 6 heteroatoms. The van der Waals surface area contributed by atoms with E-state index in [1.807, 2.05) is 43.1 Å². The van der Waals surface area contributed by atoms with Crippen LogP contribution in [0.4, 0.5) is 4.79 Å². The minimum absolute atomic E-state index is 0.0494. The van der Waals surface area contributed by atoms with Crippen molar-refractivity contribution in [3.8, 4) is 0 Å². The summed E-state index contributed by atoms with van der Waals surface area (Å²) in [6.45, 7) is 1.98. The average molecular weight is 344 g/mol. The summed E-state index contributed by atoms with van der Waals surface area (Å²) in [5.41, 5.74) is 7.31. The molecule has 2 bridgehead atoms. The van der Waals surface area contributed by atoms with Gasteiger partial charge in [0.2, 0.25) is 5.91 Å². The molecule has 0 radical (unpaired) electrons. The van der Waals surface area contributed by atoms with Crippen molar-refractivity contribution in [2.24, 2.45) is 5.73 Å². The molecule has 1 aromatic carbocycles. The molecule has 0 aromatic heterocycles. The fourth-order valence-electron chi connectivity index (χ4n) is 4.25. The van der Waals surface area contributed by atoms with Crippen LogP contribution < -0.4 is 16.4 Å². The summed E-state index contributed by atoms with van der Waals surface area (Å²) in [5, 5.41) is 6.34. The van der Waals surface area contributed by atoms with Gasteiger partial charge in [-0.05, 0) is 43.7 Å². The van der Waals surface area contributed by atoms with E-state index in [1.165, 1.54) is 12.8 Å². The van der Waals surface area contributed by atoms with Gasteiger partial charge in [-0.15, -0.1) is 0 Å². The first-order chi connectivity index (χ1) is 11.9. The van der Waals surface area contributed by atoms with Crippen molar-refractivity contribution in [3.63, 3.8) is 0 Å². The summed E-state index contributed by atoms with van der Waals surface area (Å²) in [6, 6.07) is 8.12. The minimum atomic E-state index is -0.608. The van der Waals surface area contributed by atoms with Gasteiger partial charge in [0.15, 0.2) is 0 Å². The Hall–Kier alpha value is -2.08. The molecule has 1 aromatic rings. The number of carbonyl (C=O) groups excluding carboxylic acids is 2. The predicted molar refractivity (Wildman–Crippen MR) is 97.0 cm³/mol. The van der Waals surface area contributed by atoms with E-state index in [-0.39, 0.29) is 18.4 Å². The molecule has 3 unspecified atom stereocenters. The number of piperidine rings is 1. The number of carbonyl (C=O) groups is 2. The van der Waals surface area contributed by atoms with Gasteiger partial charge in [0.25, 0.3) is 0 Å². The van der Waals surface area contributed by atoms with Gasteiger partial charge < -0.3 is 21.3 Å². The predicted octanol–water partition coefficient (Wildman–Crippen LogP) is 1.84. The molecule has 2 aliphatic rings. The number of benzene rings is 1. The van der Waals surface area contributed by atoms with E-state index >= 15 is 0 Å². The van der Waals surface area contributed by atoms with Gasteiger partial charge >= 0.3 is 6.03 Å². The molecule has 6 nitrogen and oxygen atoms in total. The summed E-state index contributed by atoms with van der Waals surface area (Å²) >= 11 is 0. The molecule has 0 aliphatic carbocycles. The van der Waals surface area contributed by atoms with Crippen LogP contribution in [0.25, 0.3) is 0 Å². The van der Waals surface area contributed by atoms with Crippen molar-refractivity contribution in [2.45, 2.75) is 63.2 Å². The Labute approximate surface area is 149 Å². The second-order valence-corrected chi connectivity index (χ2v) is 7.39. The number of hydrogen-bond donors (Lipinski definition) is 3. The minimum Gasteiger partial charge on any atom is -0.352 e. The second-order valence-electron chi connectivity index (χ2n) is 7.39. The average Bonchev–Trinajstić information content (AvgIpc) is 2.91. The van der Waals surface area contributed by atoms with E-state index in [2.05, 4.69) is 10.6 Å². The molecule has 136 valence electrons. The number of hydrogen-bond acceptors (Lipinski definition) is 3. The zero-order chi connectivity index (χ0) is 18.0. The molecule has 2 heterocycles. The van der Waals surface area contributed by atoms with Crippen molar-refractivity contribution < 1.29 is 9.59 Å². The van der Waals surface area contributed by atoms with Crippen molar-refractivity contribution >= 4 is 11.9 Å². The van der Waals surface area contributed by atoms with Crippen LogP contribution in [-0.4, -0.2) is 42.0 Å². The maximum absolute atomic E-state index is 12.9. The lowest BCUT2D eigenvalue weighted by atomic mass is 9.96. The van der Waals surface area contributed by atoms with Crippen LogP contribution in [0.5, 0.6) is 0 Å². The molecule has 3 rings (SSSR count). The van der Waals surface area contributed by atoms with E-state index < -0.39 is 12.1 Å². The highest BCUT2D eigenvalue weighted by Crippen LogP contribution is 2.30. The molecule has 0 spiro atoms. The number of amides is 3. The number of primary amides is 1. The number of rotatable bonds is 5. The third-order valence-corrected chi connectivity index (χ3v) is 5.65. The third kappa shape index (κ3) is 4.12. The van der Waals surface area contributed by atoms with Gasteiger partial charge in [0, 0.05) is 25.2 Å². The van der Waals surface area contributed by atoms with Crippen LogP contribution in [0.1, 0.15) is 49.3 Å².